The Hall–Kier alpha value is -1.42. The molecule has 19 heavy (non-hydrogen) atoms. The second kappa shape index (κ2) is 4.93. The van der Waals surface area contributed by atoms with Crippen LogP contribution in [-0.4, -0.2) is 30.5 Å². The molecule has 0 atom stereocenters. The average Bonchev–Trinajstić information content (AvgIpc) is 2.42. The average molecular weight is 282 g/mol. The van der Waals surface area contributed by atoms with E-state index in [2.05, 4.69) is 5.32 Å². The highest BCUT2D eigenvalue weighted by Crippen LogP contribution is 2.36. The van der Waals surface area contributed by atoms with Gasteiger partial charge in [-0.1, -0.05) is 6.07 Å². The fourth-order valence-corrected chi connectivity index (χ4v) is 2.79. The van der Waals surface area contributed by atoms with Gasteiger partial charge >= 0.3 is 0 Å². The number of fused-ring (bicyclic) bond motifs is 1. The summed E-state index contributed by atoms with van der Waals surface area (Å²) in [5.74, 6) is 1.48. The van der Waals surface area contributed by atoms with Gasteiger partial charge in [0.25, 0.3) is 5.91 Å². The minimum absolute atomic E-state index is 0.136. The zero-order valence-corrected chi connectivity index (χ0v) is 11.3. The Morgan fingerprint density at radius 2 is 2.11 bits per heavy atom. The number of carbonyl (C=O) groups is 1. The van der Waals surface area contributed by atoms with Crippen molar-refractivity contribution in [2.75, 3.05) is 19.1 Å². The summed E-state index contributed by atoms with van der Waals surface area (Å²) >= 11 is 5.96. The van der Waals surface area contributed by atoms with Crippen LogP contribution in [0.1, 0.15) is 29.6 Å². The smallest absolute Gasteiger partial charge is 0.255 e. The standard InChI is InChI=1S/C14H16ClNO3/c15-9-14(5-2-6-14)16-13(17)10-3-1-4-11-12(10)19-8-7-18-11/h1,3-4H,2,5-9H2,(H,16,17). The second-order valence-corrected chi connectivity index (χ2v) is 5.32. The Kier molecular flexibility index (Phi) is 3.27. The van der Waals surface area contributed by atoms with Gasteiger partial charge in [-0.15, -0.1) is 11.6 Å². The van der Waals surface area contributed by atoms with Gasteiger partial charge < -0.3 is 14.8 Å². The highest BCUT2D eigenvalue weighted by Gasteiger charge is 2.38. The van der Waals surface area contributed by atoms with E-state index in [9.17, 15) is 4.79 Å². The normalized spacial score (nSPS) is 19.4. The number of nitrogens with one attached hydrogen (secondary N) is 1. The monoisotopic (exact) mass is 281 g/mol. The molecule has 0 aromatic heterocycles. The molecule has 0 radical (unpaired) electrons. The van der Waals surface area contributed by atoms with Gasteiger partial charge in [-0.05, 0) is 31.4 Å². The lowest BCUT2D eigenvalue weighted by atomic mass is 9.78. The molecule has 1 aromatic carbocycles. The third kappa shape index (κ3) is 2.25. The number of carbonyl (C=O) groups excluding carboxylic acids is 1. The van der Waals surface area contributed by atoms with E-state index in [1.54, 1.807) is 12.1 Å². The van der Waals surface area contributed by atoms with E-state index in [0.29, 0.717) is 36.2 Å². The molecule has 1 aliphatic heterocycles. The highest BCUT2D eigenvalue weighted by atomic mass is 35.5. The molecule has 0 saturated heterocycles. The van der Waals surface area contributed by atoms with Crippen molar-refractivity contribution in [1.82, 2.24) is 5.32 Å². The quantitative estimate of drug-likeness (QED) is 0.865. The van der Waals surface area contributed by atoms with Crippen molar-refractivity contribution in [3.8, 4) is 11.5 Å². The number of hydrogen-bond donors (Lipinski definition) is 1. The molecule has 1 saturated carbocycles. The maximum atomic E-state index is 12.4. The lowest BCUT2D eigenvalue weighted by molar-refractivity contribution is 0.0843. The molecule has 1 N–H and O–H groups in total. The van der Waals surface area contributed by atoms with Crippen LogP contribution >= 0.6 is 11.6 Å². The van der Waals surface area contributed by atoms with Crippen LogP contribution in [0.25, 0.3) is 0 Å². The van der Waals surface area contributed by atoms with Crippen molar-refractivity contribution in [2.45, 2.75) is 24.8 Å². The summed E-state index contributed by atoms with van der Waals surface area (Å²) < 4.78 is 11.0. The van der Waals surface area contributed by atoms with Crippen molar-refractivity contribution in [3.05, 3.63) is 23.8 Å². The van der Waals surface area contributed by atoms with Crippen LogP contribution in [0.5, 0.6) is 11.5 Å². The Bertz CT molecular complexity index is 494. The first kappa shape index (κ1) is 12.6. The number of benzene rings is 1. The lowest BCUT2D eigenvalue weighted by Gasteiger charge is -2.41. The molecule has 0 bridgehead atoms. The van der Waals surface area contributed by atoms with Crippen molar-refractivity contribution in [1.29, 1.82) is 0 Å². The van der Waals surface area contributed by atoms with Gasteiger partial charge in [0.1, 0.15) is 13.2 Å². The van der Waals surface area contributed by atoms with Gasteiger partial charge in [0.15, 0.2) is 11.5 Å². The topological polar surface area (TPSA) is 47.6 Å². The minimum Gasteiger partial charge on any atom is -0.486 e. The van der Waals surface area contributed by atoms with E-state index in [0.717, 1.165) is 19.3 Å². The van der Waals surface area contributed by atoms with Crippen LogP contribution in [-0.2, 0) is 0 Å². The molecule has 3 rings (SSSR count). The minimum atomic E-state index is -0.239. The fourth-order valence-electron chi connectivity index (χ4n) is 2.46. The third-order valence-electron chi connectivity index (χ3n) is 3.76. The Morgan fingerprint density at radius 1 is 1.32 bits per heavy atom. The summed E-state index contributed by atoms with van der Waals surface area (Å²) in [6.07, 6.45) is 2.99. The molecule has 2 aliphatic rings. The molecular formula is C14H16ClNO3. The van der Waals surface area contributed by atoms with Gasteiger partial charge in [0.2, 0.25) is 0 Å². The molecule has 1 aromatic rings. The van der Waals surface area contributed by atoms with Crippen LogP contribution < -0.4 is 14.8 Å². The molecular weight excluding hydrogens is 266 g/mol. The Morgan fingerprint density at radius 3 is 2.79 bits per heavy atom. The summed E-state index contributed by atoms with van der Waals surface area (Å²) in [5, 5.41) is 3.04. The molecule has 0 spiro atoms. The lowest BCUT2D eigenvalue weighted by Crippen LogP contribution is -2.55. The molecule has 1 fully saturated rings. The van der Waals surface area contributed by atoms with E-state index in [4.69, 9.17) is 21.1 Å². The molecule has 4 nitrogen and oxygen atoms in total. The first-order valence-electron chi connectivity index (χ1n) is 6.51. The predicted molar refractivity (Wildman–Crippen MR) is 72.2 cm³/mol. The predicted octanol–water partition coefficient (Wildman–Crippen LogP) is 2.35. The number of hydrogen-bond acceptors (Lipinski definition) is 3. The summed E-state index contributed by atoms with van der Waals surface area (Å²) in [5.41, 5.74) is 0.283. The summed E-state index contributed by atoms with van der Waals surface area (Å²) in [6.45, 7) is 0.988. The van der Waals surface area contributed by atoms with E-state index in [-0.39, 0.29) is 11.4 Å². The van der Waals surface area contributed by atoms with Crippen LogP contribution in [0.15, 0.2) is 18.2 Å². The maximum absolute atomic E-state index is 12.4. The highest BCUT2D eigenvalue weighted by molar-refractivity contribution is 6.19. The van der Waals surface area contributed by atoms with Crippen LogP contribution in [0.2, 0.25) is 0 Å². The van der Waals surface area contributed by atoms with Crippen LogP contribution in [0.4, 0.5) is 0 Å². The molecule has 1 heterocycles. The van der Waals surface area contributed by atoms with Gasteiger partial charge in [0.05, 0.1) is 11.1 Å². The number of halogens is 1. The fraction of sp³-hybridized carbons (Fsp3) is 0.500. The van der Waals surface area contributed by atoms with E-state index >= 15 is 0 Å². The summed E-state index contributed by atoms with van der Waals surface area (Å²) in [4.78, 5) is 12.4. The Balaban J connectivity index is 1.84. The number of rotatable bonds is 3. The van der Waals surface area contributed by atoms with Crippen LogP contribution in [0.3, 0.4) is 0 Å². The second-order valence-electron chi connectivity index (χ2n) is 5.05. The number of ether oxygens (including phenoxy) is 2. The summed E-state index contributed by atoms with van der Waals surface area (Å²) in [6, 6.07) is 5.37. The van der Waals surface area contributed by atoms with Gasteiger partial charge in [-0.3, -0.25) is 4.79 Å². The number of alkyl halides is 1. The van der Waals surface area contributed by atoms with E-state index < -0.39 is 0 Å². The van der Waals surface area contributed by atoms with Gasteiger partial charge in [-0.2, -0.15) is 0 Å². The van der Waals surface area contributed by atoms with Crippen molar-refractivity contribution >= 4 is 17.5 Å². The first-order valence-corrected chi connectivity index (χ1v) is 7.05. The van der Waals surface area contributed by atoms with E-state index in [1.807, 2.05) is 6.07 Å². The molecule has 1 amide bonds. The molecule has 5 heteroatoms. The van der Waals surface area contributed by atoms with Crippen molar-refractivity contribution in [2.24, 2.45) is 0 Å². The SMILES string of the molecule is O=C(NC1(CCl)CCC1)c1cccc2c1OCCO2. The van der Waals surface area contributed by atoms with Gasteiger partial charge in [0, 0.05) is 5.88 Å². The van der Waals surface area contributed by atoms with Crippen molar-refractivity contribution < 1.29 is 14.3 Å². The Labute approximate surface area is 117 Å². The zero-order valence-electron chi connectivity index (χ0n) is 10.6. The molecule has 0 unspecified atom stereocenters. The van der Waals surface area contributed by atoms with Crippen LogP contribution in [0, 0.1) is 0 Å². The molecule has 102 valence electrons. The van der Waals surface area contributed by atoms with Crippen molar-refractivity contribution in [3.63, 3.8) is 0 Å². The number of amides is 1. The number of para-hydroxylation sites is 1. The summed E-state index contributed by atoms with van der Waals surface area (Å²) in [7, 11) is 0. The first-order chi connectivity index (χ1) is 9.24. The maximum Gasteiger partial charge on any atom is 0.255 e. The van der Waals surface area contributed by atoms with Gasteiger partial charge in [-0.25, -0.2) is 0 Å². The third-order valence-corrected chi connectivity index (χ3v) is 4.27. The largest absolute Gasteiger partial charge is 0.486 e. The van der Waals surface area contributed by atoms with E-state index in [1.165, 1.54) is 0 Å². The zero-order chi connectivity index (χ0) is 13.3. The molecule has 1 aliphatic carbocycles.